The van der Waals surface area contributed by atoms with Crippen LogP contribution < -0.4 is 4.74 Å². The van der Waals surface area contributed by atoms with Crippen molar-refractivity contribution in [3.8, 4) is 5.88 Å². The highest BCUT2D eigenvalue weighted by atomic mass is 79.9. The summed E-state index contributed by atoms with van der Waals surface area (Å²) in [5.41, 5.74) is 1.03. The first-order valence-electron chi connectivity index (χ1n) is 5.27. The van der Waals surface area contributed by atoms with Gasteiger partial charge in [-0.25, -0.2) is 9.97 Å². The summed E-state index contributed by atoms with van der Waals surface area (Å²) < 4.78 is 5.34. The van der Waals surface area contributed by atoms with Gasteiger partial charge in [0.15, 0.2) is 0 Å². The molecule has 0 aliphatic heterocycles. The van der Waals surface area contributed by atoms with E-state index in [-0.39, 0.29) is 0 Å². The number of hydrogen-bond donors (Lipinski definition) is 0. The maximum atomic E-state index is 5.34. The Morgan fingerprint density at radius 3 is 2.73 bits per heavy atom. The van der Waals surface area contributed by atoms with E-state index in [9.17, 15) is 0 Å². The van der Waals surface area contributed by atoms with E-state index in [4.69, 9.17) is 4.74 Å². The van der Waals surface area contributed by atoms with Gasteiger partial charge in [-0.1, -0.05) is 29.8 Å². The van der Waals surface area contributed by atoms with Gasteiger partial charge in [0.25, 0.3) is 0 Å². The van der Waals surface area contributed by atoms with Crippen molar-refractivity contribution >= 4 is 15.9 Å². The SMILES string of the molecule is CCOc1cc(C(C)C(Br)CC)ncn1. The minimum absolute atomic E-state index is 0.372. The summed E-state index contributed by atoms with van der Waals surface area (Å²) in [6, 6.07) is 1.91. The van der Waals surface area contributed by atoms with E-state index < -0.39 is 0 Å². The van der Waals surface area contributed by atoms with Crippen LogP contribution in [-0.2, 0) is 0 Å². The van der Waals surface area contributed by atoms with Crippen LogP contribution in [0.15, 0.2) is 12.4 Å². The predicted molar refractivity (Wildman–Crippen MR) is 64.6 cm³/mol. The summed E-state index contributed by atoms with van der Waals surface area (Å²) in [6.45, 7) is 6.89. The first-order valence-corrected chi connectivity index (χ1v) is 6.19. The van der Waals surface area contributed by atoms with Gasteiger partial charge in [-0.15, -0.1) is 0 Å². The van der Waals surface area contributed by atoms with E-state index in [0.717, 1.165) is 12.1 Å². The average molecular weight is 273 g/mol. The maximum Gasteiger partial charge on any atom is 0.216 e. The third-order valence-electron chi connectivity index (χ3n) is 2.35. The molecule has 2 unspecified atom stereocenters. The molecule has 1 aromatic heterocycles. The van der Waals surface area contributed by atoms with E-state index in [0.29, 0.717) is 23.2 Å². The molecule has 0 bridgehead atoms. The quantitative estimate of drug-likeness (QED) is 0.773. The maximum absolute atomic E-state index is 5.34. The Labute approximate surface area is 99.4 Å². The number of aromatic nitrogens is 2. The van der Waals surface area contributed by atoms with Crippen LogP contribution in [0.5, 0.6) is 5.88 Å². The van der Waals surface area contributed by atoms with Gasteiger partial charge < -0.3 is 4.74 Å². The number of ether oxygens (including phenoxy) is 1. The molecule has 2 atom stereocenters. The molecular formula is C11H17BrN2O. The van der Waals surface area contributed by atoms with Gasteiger partial charge >= 0.3 is 0 Å². The lowest BCUT2D eigenvalue weighted by Gasteiger charge is -2.16. The van der Waals surface area contributed by atoms with Gasteiger partial charge in [-0.05, 0) is 13.3 Å². The summed E-state index contributed by atoms with van der Waals surface area (Å²) in [5, 5.41) is 0. The number of alkyl halides is 1. The smallest absolute Gasteiger partial charge is 0.216 e. The highest BCUT2D eigenvalue weighted by molar-refractivity contribution is 9.09. The normalized spacial score (nSPS) is 14.7. The molecule has 0 saturated carbocycles. The van der Waals surface area contributed by atoms with Crippen molar-refractivity contribution < 1.29 is 4.74 Å². The fourth-order valence-corrected chi connectivity index (χ4v) is 1.64. The van der Waals surface area contributed by atoms with E-state index in [2.05, 4.69) is 39.7 Å². The van der Waals surface area contributed by atoms with Crippen LogP contribution in [0.1, 0.15) is 38.8 Å². The average Bonchev–Trinajstić information content (AvgIpc) is 2.28. The second kappa shape index (κ2) is 6.05. The molecule has 0 amide bonds. The van der Waals surface area contributed by atoms with Crippen molar-refractivity contribution in [3.63, 3.8) is 0 Å². The third-order valence-corrected chi connectivity index (χ3v) is 3.79. The van der Waals surface area contributed by atoms with Gasteiger partial charge in [0.05, 0.1) is 12.3 Å². The van der Waals surface area contributed by atoms with Crippen molar-refractivity contribution in [3.05, 3.63) is 18.1 Å². The second-order valence-electron chi connectivity index (χ2n) is 3.43. The molecule has 0 aliphatic rings. The fourth-order valence-electron chi connectivity index (χ4n) is 1.37. The van der Waals surface area contributed by atoms with Gasteiger partial charge in [0.1, 0.15) is 6.33 Å². The summed E-state index contributed by atoms with van der Waals surface area (Å²) in [6.07, 6.45) is 2.64. The van der Waals surface area contributed by atoms with Crippen LogP contribution in [0.4, 0.5) is 0 Å². The standard InChI is InChI=1S/C11H17BrN2O/c1-4-9(12)8(3)10-6-11(15-5-2)14-7-13-10/h6-9H,4-5H2,1-3H3. The lowest BCUT2D eigenvalue weighted by atomic mass is 10.0. The van der Waals surface area contributed by atoms with Crippen LogP contribution in [-0.4, -0.2) is 21.4 Å². The fraction of sp³-hybridized carbons (Fsp3) is 0.636. The van der Waals surface area contributed by atoms with Crippen LogP contribution in [0.3, 0.4) is 0 Å². The lowest BCUT2D eigenvalue weighted by molar-refractivity contribution is 0.325. The van der Waals surface area contributed by atoms with Gasteiger partial charge in [0.2, 0.25) is 5.88 Å². The molecule has 0 aromatic carbocycles. The van der Waals surface area contributed by atoms with E-state index in [1.54, 1.807) is 6.33 Å². The molecule has 1 aromatic rings. The zero-order valence-corrected chi connectivity index (χ0v) is 11.0. The molecule has 15 heavy (non-hydrogen) atoms. The summed E-state index contributed by atoms with van der Waals surface area (Å²) in [7, 11) is 0. The monoisotopic (exact) mass is 272 g/mol. The Kier molecular flexibility index (Phi) is 5.02. The molecule has 84 valence electrons. The molecule has 0 fully saturated rings. The minimum Gasteiger partial charge on any atom is -0.478 e. The Bertz CT molecular complexity index is 306. The molecule has 3 nitrogen and oxygen atoms in total. The molecular weight excluding hydrogens is 256 g/mol. The summed E-state index contributed by atoms with van der Waals surface area (Å²) >= 11 is 3.64. The van der Waals surface area contributed by atoms with E-state index in [1.165, 1.54) is 0 Å². The zero-order valence-electron chi connectivity index (χ0n) is 9.40. The number of halogens is 1. The van der Waals surface area contributed by atoms with E-state index >= 15 is 0 Å². The second-order valence-corrected chi connectivity index (χ2v) is 4.60. The summed E-state index contributed by atoms with van der Waals surface area (Å²) in [5.74, 6) is 1.03. The first kappa shape index (κ1) is 12.4. The van der Waals surface area contributed by atoms with Crippen LogP contribution in [0, 0.1) is 0 Å². The van der Waals surface area contributed by atoms with Crippen molar-refractivity contribution in [1.29, 1.82) is 0 Å². The zero-order chi connectivity index (χ0) is 11.3. The predicted octanol–water partition coefficient (Wildman–Crippen LogP) is 3.15. The van der Waals surface area contributed by atoms with Crippen LogP contribution >= 0.6 is 15.9 Å². The molecule has 0 saturated heterocycles. The Morgan fingerprint density at radius 1 is 1.40 bits per heavy atom. The first-order chi connectivity index (χ1) is 7.19. The Hall–Kier alpha value is -0.640. The van der Waals surface area contributed by atoms with Gasteiger partial charge in [-0.3, -0.25) is 0 Å². The minimum atomic E-state index is 0.372. The summed E-state index contributed by atoms with van der Waals surface area (Å²) in [4.78, 5) is 8.76. The number of nitrogens with zero attached hydrogens (tertiary/aromatic N) is 2. The largest absolute Gasteiger partial charge is 0.478 e. The molecule has 0 spiro atoms. The van der Waals surface area contributed by atoms with Gasteiger partial charge in [-0.2, -0.15) is 0 Å². The Morgan fingerprint density at radius 2 is 2.13 bits per heavy atom. The molecule has 1 rings (SSSR count). The molecule has 0 aliphatic carbocycles. The van der Waals surface area contributed by atoms with Gasteiger partial charge in [0, 0.05) is 16.8 Å². The van der Waals surface area contributed by atoms with Crippen LogP contribution in [0.25, 0.3) is 0 Å². The molecule has 0 radical (unpaired) electrons. The van der Waals surface area contributed by atoms with Crippen molar-refractivity contribution in [1.82, 2.24) is 9.97 Å². The number of hydrogen-bond acceptors (Lipinski definition) is 3. The molecule has 0 N–H and O–H groups in total. The van der Waals surface area contributed by atoms with Crippen molar-refractivity contribution in [2.75, 3.05) is 6.61 Å². The van der Waals surface area contributed by atoms with Crippen molar-refractivity contribution in [2.24, 2.45) is 0 Å². The third kappa shape index (κ3) is 3.45. The van der Waals surface area contributed by atoms with Crippen LogP contribution in [0.2, 0.25) is 0 Å². The Balaban J connectivity index is 2.80. The van der Waals surface area contributed by atoms with E-state index in [1.807, 2.05) is 13.0 Å². The van der Waals surface area contributed by atoms with Crippen molar-refractivity contribution in [2.45, 2.75) is 37.9 Å². The highest BCUT2D eigenvalue weighted by Gasteiger charge is 2.16. The topological polar surface area (TPSA) is 35.0 Å². The highest BCUT2D eigenvalue weighted by Crippen LogP contribution is 2.26. The molecule has 1 heterocycles. The molecule has 4 heteroatoms. The number of rotatable bonds is 5. The lowest BCUT2D eigenvalue weighted by Crippen LogP contribution is -2.10.